The fourth-order valence-corrected chi connectivity index (χ4v) is 3.95. The maximum atomic E-state index is 13.2. The second kappa shape index (κ2) is 8.65. The molecule has 2 aromatic carbocycles. The lowest BCUT2D eigenvalue weighted by molar-refractivity contribution is -0.131. The summed E-state index contributed by atoms with van der Waals surface area (Å²) < 4.78 is 14.7. The van der Waals surface area contributed by atoms with E-state index in [0.29, 0.717) is 37.1 Å². The van der Waals surface area contributed by atoms with Crippen LogP contribution in [0.15, 0.2) is 53.6 Å². The fourth-order valence-electron chi connectivity index (χ4n) is 3.95. The number of hydrogen-bond donors (Lipinski definition) is 0. The van der Waals surface area contributed by atoms with Crippen LogP contribution in [0.4, 0.5) is 10.1 Å². The molecule has 0 bridgehead atoms. The number of carbonyl (C=O) groups is 1. The van der Waals surface area contributed by atoms with Crippen LogP contribution < -0.4 is 10.5 Å². The minimum atomic E-state index is -0.251. The van der Waals surface area contributed by atoms with E-state index < -0.39 is 0 Å². The fraction of sp³-hybridized carbons (Fsp3) is 0.348. The van der Waals surface area contributed by atoms with Gasteiger partial charge >= 0.3 is 0 Å². The van der Waals surface area contributed by atoms with Crippen LogP contribution in [0.5, 0.6) is 0 Å². The topological polar surface area (TPSA) is 58.4 Å². The number of rotatable bonds is 4. The summed E-state index contributed by atoms with van der Waals surface area (Å²) in [6, 6.07) is 12.0. The van der Waals surface area contributed by atoms with Crippen LogP contribution in [0.2, 0.25) is 0 Å². The van der Waals surface area contributed by atoms with Crippen LogP contribution in [0.3, 0.4) is 0 Å². The number of halogens is 1. The lowest BCUT2D eigenvalue weighted by Crippen LogP contribution is -2.36. The molecular formula is C23H25FN4O2. The Hall–Kier alpha value is -3.22. The van der Waals surface area contributed by atoms with Crippen molar-refractivity contribution in [1.82, 2.24) is 14.5 Å². The summed E-state index contributed by atoms with van der Waals surface area (Å²) in [5.41, 5.74) is 2.52. The van der Waals surface area contributed by atoms with E-state index in [1.54, 1.807) is 18.2 Å². The molecule has 0 radical (unpaired) electrons. The molecule has 1 aliphatic heterocycles. The smallest absolute Gasteiger partial charge is 0.261 e. The number of nitrogens with zero attached hydrogens (tertiary/aromatic N) is 4. The molecule has 0 N–H and O–H groups in total. The summed E-state index contributed by atoms with van der Waals surface area (Å²) in [6.07, 6.45) is 2.64. The van der Waals surface area contributed by atoms with Crippen LogP contribution in [-0.2, 0) is 11.3 Å². The van der Waals surface area contributed by atoms with Gasteiger partial charge in [-0.05, 0) is 49.2 Å². The molecule has 1 fully saturated rings. The SMILES string of the molecule is Cc1cccc2c(=O)n(CCC(=O)N3CCCN(c4ccc(F)cc4)CC3)cnc12. The highest BCUT2D eigenvalue weighted by Gasteiger charge is 2.19. The van der Waals surface area contributed by atoms with Gasteiger partial charge in [-0.25, -0.2) is 9.37 Å². The van der Waals surface area contributed by atoms with Crippen LogP contribution in [0.25, 0.3) is 10.9 Å². The largest absolute Gasteiger partial charge is 0.370 e. The van der Waals surface area contributed by atoms with Crippen molar-refractivity contribution in [2.45, 2.75) is 26.3 Å². The van der Waals surface area contributed by atoms with E-state index in [9.17, 15) is 14.0 Å². The molecule has 1 amide bonds. The summed E-state index contributed by atoms with van der Waals surface area (Å²) in [5.74, 6) is -0.217. The molecule has 0 atom stereocenters. The van der Waals surface area contributed by atoms with Crippen molar-refractivity contribution in [2.24, 2.45) is 0 Å². The number of amides is 1. The molecule has 1 aliphatic rings. The number of benzene rings is 2. The van der Waals surface area contributed by atoms with Crippen molar-refractivity contribution < 1.29 is 9.18 Å². The van der Waals surface area contributed by atoms with Crippen molar-refractivity contribution in [2.75, 3.05) is 31.1 Å². The molecule has 0 aliphatic carbocycles. The molecule has 2 heterocycles. The first-order valence-corrected chi connectivity index (χ1v) is 10.3. The highest BCUT2D eigenvalue weighted by Crippen LogP contribution is 2.17. The summed E-state index contributed by atoms with van der Waals surface area (Å²) >= 11 is 0. The maximum absolute atomic E-state index is 13.2. The van der Waals surface area contributed by atoms with Crippen molar-refractivity contribution >= 4 is 22.5 Å². The zero-order valence-corrected chi connectivity index (χ0v) is 17.1. The third kappa shape index (κ3) is 4.20. The Kier molecular flexibility index (Phi) is 5.79. The minimum Gasteiger partial charge on any atom is -0.370 e. The van der Waals surface area contributed by atoms with Gasteiger partial charge in [-0.1, -0.05) is 12.1 Å². The first kappa shape index (κ1) is 20.1. The van der Waals surface area contributed by atoms with Gasteiger partial charge < -0.3 is 9.80 Å². The molecule has 156 valence electrons. The Bertz CT molecular complexity index is 1110. The second-order valence-corrected chi connectivity index (χ2v) is 7.66. The second-order valence-electron chi connectivity index (χ2n) is 7.66. The van der Waals surface area contributed by atoms with Gasteiger partial charge in [-0.15, -0.1) is 0 Å². The van der Waals surface area contributed by atoms with Gasteiger partial charge in [0.2, 0.25) is 5.91 Å². The Balaban J connectivity index is 1.39. The Morgan fingerprint density at radius 3 is 2.67 bits per heavy atom. The molecule has 7 heteroatoms. The summed E-state index contributed by atoms with van der Waals surface area (Å²) in [7, 11) is 0. The normalized spacial score (nSPS) is 14.7. The van der Waals surface area contributed by atoms with E-state index >= 15 is 0 Å². The molecule has 3 aromatic rings. The van der Waals surface area contributed by atoms with E-state index in [1.165, 1.54) is 23.0 Å². The molecule has 0 unspecified atom stereocenters. The van der Waals surface area contributed by atoms with Gasteiger partial charge in [0.25, 0.3) is 5.56 Å². The van der Waals surface area contributed by atoms with E-state index in [1.807, 2.05) is 24.0 Å². The van der Waals surface area contributed by atoms with Crippen molar-refractivity contribution in [3.8, 4) is 0 Å². The number of aryl methyl sites for hydroxylation is 2. The van der Waals surface area contributed by atoms with Crippen molar-refractivity contribution in [1.29, 1.82) is 0 Å². The number of carbonyl (C=O) groups excluding carboxylic acids is 1. The third-order valence-electron chi connectivity index (χ3n) is 5.66. The predicted octanol–water partition coefficient (Wildman–Crippen LogP) is 2.97. The van der Waals surface area contributed by atoms with Crippen molar-refractivity contribution in [3.05, 3.63) is 70.5 Å². The lowest BCUT2D eigenvalue weighted by Gasteiger charge is -2.24. The van der Waals surface area contributed by atoms with E-state index in [0.717, 1.165) is 24.2 Å². The monoisotopic (exact) mass is 408 g/mol. The molecule has 1 aromatic heterocycles. The molecule has 0 saturated carbocycles. The number of hydrogen-bond acceptors (Lipinski definition) is 4. The van der Waals surface area contributed by atoms with E-state index in [2.05, 4.69) is 9.88 Å². The minimum absolute atomic E-state index is 0.0344. The zero-order chi connectivity index (χ0) is 21.1. The highest BCUT2D eigenvalue weighted by molar-refractivity contribution is 5.80. The quantitative estimate of drug-likeness (QED) is 0.666. The molecular weight excluding hydrogens is 383 g/mol. The number of anilines is 1. The number of fused-ring (bicyclic) bond motifs is 1. The lowest BCUT2D eigenvalue weighted by atomic mass is 10.1. The number of para-hydroxylation sites is 1. The molecule has 30 heavy (non-hydrogen) atoms. The van der Waals surface area contributed by atoms with Gasteiger partial charge in [0.05, 0.1) is 17.2 Å². The first-order valence-electron chi connectivity index (χ1n) is 10.3. The third-order valence-corrected chi connectivity index (χ3v) is 5.66. The van der Waals surface area contributed by atoms with Gasteiger partial charge in [0, 0.05) is 44.8 Å². The van der Waals surface area contributed by atoms with Crippen molar-refractivity contribution in [3.63, 3.8) is 0 Å². The Labute approximate surface area is 174 Å². The van der Waals surface area contributed by atoms with Gasteiger partial charge in [0.15, 0.2) is 0 Å². The standard InChI is InChI=1S/C23H25FN4O2/c1-17-4-2-5-20-22(17)25-16-28(23(20)30)13-10-21(29)27-12-3-11-26(14-15-27)19-8-6-18(24)7-9-19/h2,4-9,16H,3,10-15H2,1H3. The summed E-state index contributed by atoms with van der Waals surface area (Å²) in [4.78, 5) is 33.9. The van der Waals surface area contributed by atoms with Gasteiger partial charge in [-0.2, -0.15) is 0 Å². The van der Waals surface area contributed by atoms with E-state index in [-0.39, 0.29) is 23.7 Å². The average Bonchev–Trinajstić information content (AvgIpc) is 3.01. The molecule has 4 rings (SSSR count). The summed E-state index contributed by atoms with van der Waals surface area (Å²) in [6.45, 7) is 5.06. The van der Waals surface area contributed by atoms with Crippen LogP contribution >= 0.6 is 0 Å². The van der Waals surface area contributed by atoms with Gasteiger partial charge in [-0.3, -0.25) is 14.2 Å². The molecule has 0 spiro atoms. The van der Waals surface area contributed by atoms with Crippen LogP contribution in [-0.4, -0.2) is 46.5 Å². The first-order chi connectivity index (χ1) is 14.5. The Morgan fingerprint density at radius 1 is 1.07 bits per heavy atom. The maximum Gasteiger partial charge on any atom is 0.261 e. The molecule has 1 saturated heterocycles. The Morgan fingerprint density at radius 2 is 1.87 bits per heavy atom. The summed E-state index contributed by atoms with van der Waals surface area (Å²) in [5, 5.41) is 0.578. The van der Waals surface area contributed by atoms with Crippen LogP contribution in [0.1, 0.15) is 18.4 Å². The van der Waals surface area contributed by atoms with Gasteiger partial charge in [0.1, 0.15) is 5.82 Å². The predicted molar refractivity (Wildman–Crippen MR) is 115 cm³/mol. The van der Waals surface area contributed by atoms with E-state index in [4.69, 9.17) is 0 Å². The highest BCUT2D eigenvalue weighted by atomic mass is 19.1. The average molecular weight is 408 g/mol. The zero-order valence-electron chi connectivity index (χ0n) is 17.1. The number of aromatic nitrogens is 2. The van der Waals surface area contributed by atoms with Crippen LogP contribution in [0, 0.1) is 12.7 Å². The molecule has 6 nitrogen and oxygen atoms in total.